The van der Waals surface area contributed by atoms with Crippen LogP contribution >= 0.6 is 0 Å². The minimum Gasteiger partial charge on any atom is -0.389 e. The molecule has 0 aromatic carbocycles. The van der Waals surface area contributed by atoms with E-state index in [1.165, 1.54) is 6.20 Å². The number of aryl methyl sites for hydroxylation is 1. The number of nitrogens with one attached hydrogen (secondary N) is 1. The van der Waals surface area contributed by atoms with Gasteiger partial charge < -0.3 is 10.0 Å². The monoisotopic (exact) mass is 181 g/mol. The van der Waals surface area contributed by atoms with Crippen molar-refractivity contribution < 1.29 is 9.90 Å². The number of hydrogen-bond donors (Lipinski definition) is 2. The van der Waals surface area contributed by atoms with Gasteiger partial charge in [-0.15, -0.1) is 0 Å². The van der Waals surface area contributed by atoms with E-state index in [4.69, 9.17) is 5.11 Å². The molecule has 70 valence electrons. The number of carbonyl (C=O) groups is 1. The summed E-state index contributed by atoms with van der Waals surface area (Å²) in [6.07, 6.45) is 1.17. The molecule has 0 saturated carbocycles. The van der Waals surface area contributed by atoms with Gasteiger partial charge in [0.25, 0.3) is 5.91 Å². The fourth-order valence-corrected chi connectivity index (χ4v) is 1.36. The second kappa shape index (κ2) is 2.85. The fourth-order valence-electron chi connectivity index (χ4n) is 1.36. The van der Waals surface area contributed by atoms with E-state index < -0.39 is 0 Å². The van der Waals surface area contributed by atoms with Gasteiger partial charge in [-0.05, 0) is 6.92 Å². The first-order valence-corrected chi connectivity index (χ1v) is 4.16. The minimum absolute atomic E-state index is 0.0587. The van der Waals surface area contributed by atoms with Gasteiger partial charge in [-0.2, -0.15) is 5.10 Å². The lowest BCUT2D eigenvalue weighted by Crippen LogP contribution is -2.53. The third kappa shape index (κ3) is 1.31. The van der Waals surface area contributed by atoms with Gasteiger partial charge in [-0.3, -0.25) is 9.89 Å². The number of rotatable bonds is 1. The number of likely N-dealkylation sites (tertiary alicyclic amines) is 1. The fraction of sp³-hybridized carbons (Fsp3) is 0.500. The van der Waals surface area contributed by atoms with Crippen LogP contribution < -0.4 is 0 Å². The normalized spacial score (nSPS) is 17.2. The van der Waals surface area contributed by atoms with Crippen LogP contribution in [0.1, 0.15) is 16.1 Å². The summed E-state index contributed by atoms with van der Waals surface area (Å²) in [5, 5.41) is 15.5. The molecular formula is C8H11N3O2. The maximum absolute atomic E-state index is 11.6. The van der Waals surface area contributed by atoms with E-state index in [-0.39, 0.29) is 12.0 Å². The van der Waals surface area contributed by atoms with Crippen molar-refractivity contribution in [1.29, 1.82) is 0 Å². The Bertz CT molecular complexity index is 328. The smallest absolute Gasteiger partial charge is 0.257 e. The van der Waals surface area contributed by atoms with Crippen molar-refractivity contribution in [2.75, 3.05) is 13.1 Å². The van der Waals surface area contributed by atoms with Crippen LogP contribution in [-0.2, 0) is 0 Å². The Balaban J connectivity index is 2.10. The van der Waals surface area contributed by atoms with Crippen LogP contribution in [0.25, 0.3) is 0 Å². The third-order valence-electron chi connectivity index (χ3n) is 2.21. The highest BCUT2D eigenvalue weighted by atomic mass is 16.3. The number of nitrogens with zero attached hydrogens (tertiary/aromatic N) is 2. The van der Waals surface area contributed by atoms with Crippen LogP contribution in [-0.4, -0.2) is 45.3 Å². The zero-order valence-electron chi connectivity index (χ0n) is 7.32. The molecule has 5 heteroatoms. The number of aliphatic hydroxyl groups excluding tert-OH is 1. The molecule has 1 aromatic heterocycles. The zero-order chi connectivity index (χ0) is 9.42. The van der Waals surface area contributed by atoms with Gasteiger partial charge in [0.1, 0.15) is 0 Å². The first kappa shape index (κ1) is 8.25. The molecule has 1 amide bonds. The van der Waals surface area contributed by atoms with E-state index in [2.05, 4.69) is 10.2 Å². The van der Waals surface area contributed by atoms with Gasteiger partial charge in [0.2, 0.25) is 0 Å². The second-order valence-corrected chi connectivity index (χ2v) is 3.27. The van der Waals surface area contributed by atoms with E-state index in [0.29, 0.717) is 18.7 Å². The summed E-state index contributed by atoms with van der Waals surface area (Å²) in [4.78, 5) is 13.2. The Morgan fingerprint density at radius 3 is 2.92 bits per heavy atom. The standard InChI is InChI=1S/C8H11N3O2/c1-5-7(2-9-10-5)8(13)11-3-6(12)4-11/h2,6,12H,3-4H2,1H3,(H,9,10). The largest absolute Gasteiger partial charge is 0.389 e. The molecule has 13 heavy (non-hydrogen) atoms. The number of H-pyrrole nitrogens is 1. The average Bonchev–Trinajstić information content (AvgIpc) is 2.44. The van der Waals surface area contributed by atoms with Crippen LogP contribution in [0.4, 0.5) is 0 Å². The van der Waals surface area contributed by atoms with Gasteiger partial charge in [0.05, 0.1) is 17.9 Å². The Morgan fingerprint density at radius 2 is 2.46 bits per heavy atom. The lowest BCUT2D eigenvalue weighted by molar-refractivity contribution is 0.00584. The lowest BCUT2D eigenvalue weighted by atomic mass is 10.1. The molecule has 0 aliphatic carbocycles. The van der Waals surface area contributed by atoms with E-state index in [9.17, 15) is 4.79 Å². The zero-order valence-corrected chi connectivity index (χ0v) is 7.32. The molecule has 1 fully saturated rings. The number of hydrogen-bond acceptors (Lipinski definition) is 3. The number of carbonyl (C=O) groups excluding carboxylic acids is 1. The molecule has 0 bridgehead atoms. The average molecular weight is 181 g/mol. The van der Waals surface area contributed by atoms with Gasteiger partial charge in [0.15, 0.2) is 0 Å². The minimum atomic E-state index is -0.351. The summed E-state index contributed by atoms with van der Waals surface area (Å²) in [6, 6.07) is 0. The van der Waals surface area contributed by atoms with Crippen LogP contribution in [0.3, 0.4) is 0 Å². The maximum atomic E-state index is 11.6. The van der Waals surface area contributed by atoms with Gasteiger partial charge in [-0.1, -0.05) is 0 Å². The summed E-state index contributed by atoms with van der Waals surface area (Å²) >= 11 is 0. The summed E-state index contributed by atoms with van der Waals surface area (Å²) in [6.45, 7) is 2.67. The van der Waals surface area contributed by atoms with Gasteiger partial charge >= 0.3 is 0 Å². The van der Waals surface area contributed by atoms with E-state index in [0.717, 1.165) is 5.69 Å². The quantitative estimate of drug-likeness (QED) is 0.615. The summed E-state index contributed by atoms with van der Waals surface area (Å²) in [5.74, 6) is -0.0587. The third-order valence-corrected chi connectivity index (χ3v) is 2.21. The summed E-state index contributed by atoms with van der Waals surface area (Å²) in [7, 11) is 0. The molecule has 0 spiro atoms. The molecule has 5 nitrogen and oxygen atoms in total. The number of aliphatic hydroxyl groups is 1. The van der Waals surface area contributed by atoms with Crippen LogP contribution in [0.2, 0.25) is 0 Å². The molecular weight excluding hydrogens is 170 g/mol. The van der Waals surface area contributed by atoms with Gasteiger partial charge in [0, 0.05) is 18.8 Å². The molecule has 2 N–H and O–H groups in total. The van der Waals surface area contributed by atoms with Crippen molar-refractivity contribution in [1.82, 2.24) is 15.1 Å². The number of β-amino-alcohol motifs (C(OH)–C–C–N with tert-alkyl or cyclic N) is 1. The highest BCUT2D eigenvalue weighted by Crippen LogP contribution is 2.14. The molecule has 1 aliphatic heterocycles. The summed E-state index contributed by atoms with van der Waals surface area (Å²) < 4.78 is 0. The van der Waals surface area contributed by atoms with Crippen molar-refractivity contribution >= 4 is 5.91 Å². The number of aromatic nitrogens is 2. The predicted octanol–water partition coefficient (Wildman–Crippen LogP) is -0.465. The highest BCUT2D eigenvalue weighted by Gasteiger charge is 2.30. The molecule has 2 rings (SSSR count). The van der Waals surface area contributed by atoms with Crippen molar-refractivity contribution in [3.63, 3.8) is 0 Å². The Hall–Kier alpha value is -1.36. The first-order chi connectivity index (χ1) is 6.18. The SMILES string of the molecule is Cc1[nH]ncc1C(=O)N1CC(O)C1. The van der Waals surface area contributed by atoms with Crippen LogP contribution in [0.5, 0.6) is 0 Å². The molecule has 1 saturated heterocycles. The molecule has 1 aromatic rings. The van der Waals surface area contributed by atoms with Crippen LogP contribution in [0, 0.1) is 6.92 Å². The predicted molar refractivity (Wildman–Crippen MR) is 45.2 cm³/mol. The van der Waals surface area contributed by atoms with Gasteiger partial charge in [-0.25, -0.2) is 0 Å². The molecule has 0 unspecified atom stereocenters. The van der Waals surface area contributed by atoms with Crippen molar-refractivity contribution in [3.8, 4) is 0 Å². The molecule has 1 aliphatic rings. The maximum Gasteiger partial charge on any atom is 0.257 e. The Morgan fingerprint density at radius 1 is 1.77 bits per heavy atom. The topological polar surface area (TPSA) is 69.2 Å². The van der Waals surface area contributed by atoms with E-state index in [1.807, 2.05) is 0 Å². The lowest BCUT2D eigenvalue weighted by Gasteiger charge is -2.35. The highest BCUT2D eigenvalue weighted by molar-refractivity contribution is 5.95. The Kier molecular flexibility index (Phi) is 1.81. The second-order valence-electron chi connectivity index (χ2n) is 3.27. The van der Waals surface area contributed by atoms with Crippen molar-refractivity contribution in [2.45, 2.75) is 13.0 Å². The molecule has 2 heterocycles. The van der Waals surface area contributed by atoms with Crippen molar-refractivity contribution in [3.05, 3.63) is 17.5 Å². The molecule has 0 radical (unpaired) electrons. The first-order valence-electron chi connectivity index (χ1n) is 4.16. The van der Waals surface area contributed by atoms with Crippen molar-refractivity contribution in [2.24, 2.45) is 0 Å². The Labute approximate surface area is 75.4 Å². The van der Waals surface area contributed by atoms with E-state index >= 15 is 0 Å². The molecule has 0 atom stereocenters. The number of aromatic amines is 1. The summed E-state index contributed by atoms with van der Waals surface area (Å²) in [5.41, 5.74) is 1.36. The van der Waals surface area contributed by atoms with E-state index in [1.54, 1.807) is 11.8 Å². The van der Waals surface area contributed by atoms with Crippen LogP contribution in [0.15, 0.2) is 6.20 Å². The number of amides is 1.